The first kappa shape index (κ1) is 18.9. The van der Waals surface area contributed by atoms with E-state index in [0.717, 1.165) is 42.4 Å². The zero-order chi connectivity index (χ0) is 20.9. The van der Waals surface area contributed by atoms with Crippen LogP contribution in [0.15, 0.2) is 110 Å². The average molecular weight is 528 g/mol. The molecule has 6 aromatic rings. The predicted molar refractivity (Wildman–Crippen MR) is 137 cm³/mol. The van der Waals surface area contributed by atoms with Gasteiger partial charge in [0.2, 0.25) is 0 Å². The summed E-state index contributed by atoms with van der Waals surface area (Å²) in [7, 11) is 0. The first-order valence-electron chi connectivity index (χ1n) is 10.1. The summed E-state index contributed by atoms with van der Waals surface area (Å²) in [5.41, 5.74) is 2.11. The van der Waals surface area contributed by atoms with Gasteiger partial charge in [-0.3, -0.25) is 0 Å². The van der Waals surface area contributed by atoms with Gasteiger partial charge in [0.1, 0.15) is 11.5 Å². The molecule has 0 aliphatic heterocycles. The monoisotopic (exact) mass is 526 g/mol. The Morgan fingerprint density at radius 3 is 1.29 bits per heavy atom. The van der Waals surface area contributed by atoms with E-state index in [4.69, 9.17) is 4.42 Å². The molecule has 0 aliphatic rings. The molecule has 0 aliphatic carbocycles. The Morgan fingerprint density at radius 1 is 0.452 bits per heavy atom. The summed E-state index contributed by atoms with van der Waals surface area (Å²) < 4.78 is 8.78. The minimum absolute atomic E-state index is 0.897. The van der Waals surface area contributed by atoms with Crippen LogP contribution >= 0.6 is 31.9 Å². The molecule has 0 saturated heterocycles. The maximum absolute atomic E-state index is 6.72. The molecule has 148 valence electrons. The molecule has 0 amide bonds. The third-order valence-corrected chi connectivity index (χ3v) is 6.75. The second-order valence-corrected chi connectivity index (χ2v) is 9.45. The summed E-state index contributed by atoms with van der Waals surface area (Å²) in [6, 6.07) is 33.9. The van der Waals surface area contributed by atoms with Crippen LogP contribution in [0.25, 0.3) is 55.0 Å². The minimum atomic E-state index is 0.897. The molecule has 0 radical (unpaired) electrons. The van der Waals surface area contributed by atoms with Crippen molar-refractivity contribution in [1.82, 2.24) is 0 Å². The third kappa shape index (κ3) is 3.03. The zero-order valence-corrected chi connectivity index (χ0v) is 19.6. The molecular weight excluding hydrogens is 512 g/mol. The standard InChI is InChI=1S/C28H16Br2O/c29-19-9-5-7-17(15-19)27-25-23-13-3-1-11-21(23)22-12-2-4-14-24(22)26(25)28(31-27)18-8-6-10-20(30)16-18/h1-16H. The van der Waals surface area contributed by atoms with E-state index in [1.165, 1.54) is 21.5 Å². The van der Waals surface area contributed by atoms with Crippen LogP contribution < -0.4 is 0 Å². The van der Waals surface area contributed by atoms with Gasteiger partial charge in [-0.05, 0) is 45.8 Å². The van der Waals surface area contributed by atoms with E-state index < -0.39 is 0 Å². The van der Waals surface area contributed by atoms with Gasteiger partial charge in [-0.2, -0.15) is 0 Å². The van der Waals surface area contributed by atoms with Crippen LogP contribution in [0, 0.1) is 0 Å². The molecule has 0 bridgehead atoms. The Morgan fingerprint density at radius 2 is 0.871 bits per heavy atom. The van der Waals surface area contributed by atoms with E-state index in [1.807, 2.05) is 12.1 Å². The number of furan rings is 1. The second kappa shape index (κ2) is 7.37. The van der Waals surface area contributed by atoms with Crippen molar-refractivity contribution < 1.29 is 4.42 Å². The second-order valence-electron chi connectivity index (χ2n) is 7.62. The lowest BCUT2D eigenvalue weighted by atomic mass is 9.92. The fraction of sp³-hybridized carbons (Fsp3) is 0. The maximum Gasteiger partial charge on any atom is 0.143 e. The Kier molecular flexibility index (Phi) is 4.48. The molecule has 3 heteroatoms. The highest BCUT2D eigenvalue weighted by molar-refractivity contribution is 9.10. The molecule has 1 heterocycles. The lowest BCUT2D eigenvalue weighted by molar-refractivity contribution is 0.602. The SMILES string of the molecule is Brc1cccc(-c2oc(-c3cccc(Br)c3)c3c4ccccc4c4ccccc4c23)c1. The van der Waals surface area contributed by atoms with Crippen molar-refractivity contribution in [3.05, 3.63) is 106 Å². The Labute approximate surface area is 196 Å². The van der Waals surface area contributed by atoms with E-state index >= 15 is 0 Å². The molecule has 0 saturated carbocycles. The average Bonchev–Trinajstić information content (AvgIpc) is 3.21. The summed E-state index contributed by atoms with van der Waals surface area (Å²) in [6.07, 6.45) is 0. The van der Waals surface area contributed by atoms with E-state index in [9.17, 15) is 0 Å². The van der Waals surface area contributed by atoms with Gasteiger partial charge in [0.05, 0.1) is 0 Å². The molecule has 1 aromatic heterocycles. The van der Waals surface area contributed by atoms with Crippen molar-refractivity contribution in [2.24, 2.45) is 0 Å². The number of benzene rings is 5. The van der Waals surface area contributed by atoms with Crippen LogP contribution in [0.2, 0.25) is 0 Å². The van der Waals surface area contributed by atoms with E-state index in [0.29, 0.717) is 0 Å². The Balaban J connectivity index is 1.88. The van der Waals surface area contributed by atoms with E-state index in [1.54, 1.807) is 0 Å². The normalized spacial score (nSPS) is 11.5. The number of fused-ring (bicyclic) bond motifs is 6. The van der Waals surface area contributed by atoms with E-state index in [-0.39, 0.29) is 0 Å². The third-order valence-electron chi connectivity index (χ3n) is 5.76. The van der Waals surface area contributed by atoms with Crippen molar-refractivity contribution >= 4 is 64.2 Å². The summed E-state index contributed by atoms with van der Waals surface area (Å²) in [5.74, 6) is 1.79. The largest absolute Gasteiger partial charge is 0.455 e. The maximum atomic E-state index is 6.72. The van der Waals surface area contributed by atoms with Crippen LogP contribution in [0.5, 0.6) is 0 Å². The first-order valence-corrected chi connectivity index (χ1v) is 11.7. The number of rotatable bonds is 2. The first-order chi connectivity index (χ1) is 15.2. The van der Waals surface area contributed by atoms with Gasteiger partial charge in [-0.1, -0.05) is 105 Å². The zero-order valence-electron chi connectivity index (χ0n) is 16.4. The van der Waals surface area contributed by atoms with Crippen LogP contribution in [-0.2, 0) is 0 Å². The van der Waals surface area contributed by atoms with Crippen LogP contribution in [0.4, 0.5) is 0 Å². The van der Waals surface area contributed by atoms with Gasteiger partial charge in [-0.15, -0.1) is 0 Å². The number of hydrogen-bond acceptors (Lipinski definition) is 1. The quantitative estimate of drug-likeness (QED) is 0.204. The lowest BCUT2D eigenvalue weighted by Gasteiger charge is -2.08. The topological polar surface area (TPSA) is 13.1 Å². The summed E-state index contributed by atoms with van der Waals surface area (Å²) in [4.78, 5) is 0. The van der Waals surface area contributed by atoms with Gasteiger partial charge in [0, 0.05) is 30.8 Å². The summed E-state index contributed by atoms with van der Waals surface area (Å²) >= 11 is 7.25. The van der Waals surface area contributed by atoms with Gasteiger partial charge >= 0.3 is 0 Å². The number of halogens is 2. The van der Waals surface area contributed by atoms with Crippen molar-refractivity contribution in [3.63, 3.8) is 0 Å². The highest BCUT2D eigenvalue weighted by atomic mass is 79.9. The van der Waals surface area contributed by atoms with Crippen molar-refractivity contribution in [1.29, 1.82) is 0 Å². The molecule has 0 spiro atoms. The predicted octanol–water partition coefficient (Wildman–Crippen LogP) is 9.60. The summed E-state index contributed by atoms with van der Waals surface area (Å²) in [6.45, 7) is 0. The Hall–Kier alpha value is -2.88. The fourth-order valence-corrected chi connectivity index (χ4v) is 5.28. The van der Waals surface area contributed by atoms with Gasteiger partial charge < -0.3 is 4.42 Å². The number of hydrogen-bond donors (Lipinski definition) is 0. The van der Waals surface area contributed by atoms with E-state index in [2.05, 4.69) is 117 Å². The van der Waals surface area contributed by atoms with Gasteiger partial charge in [0.25, 0.3) is 0 Å². The van der Waals surface area contributed by atoms with Gasteiger partial charge in [0.15, 0.2) is 0 Å². The minimum Gasteiger partial charge on any atom is -0.455 e. The van der Waals surface area contributed by atoms with Crippen LogP contribution in [0.3, 0.4) is 0 Å². The lowest BCUT2D eigenvalue weighted by Crippen LogP contribution is -1.83. The highest BCUT2D eigenvalue weighted by Crippen LogP contribution is 2.47. The smallest absolute Gasteiger partial charge is 0.143 e. The molecule has 0 fully saturated rings. The Bertz CT molecular complexity index is 1490. The summed E-state index contributed by atoms with van der Waals surface area (Å²) in [5, 5.41) is 7.20. The van der Waals surface area contributed by atoms with Crippen molar-refractivity contribution in [3.8, 4) is 22.6 Å². The van der Waals surface area contributed by atoms with Crippen LogP contribution in [-0.4, -0.2) is 0 Å². The molecular formula is C28H16Br2O. The highest BCUT2D eigenvalue weighted by Gasteiger charge is 2.22. The molecule has 0 unspecified atom stereocenters. The van der Waals surface area contributed by atoms with Gasteiger partial charge in [-0.25, -0.2) is 0 Å². The molecule has 0 atom stereocenters. The van der Waals surface area contributed by atoms with Crippen molar-refractivity contribution in [2.45, 2.75) is 0 Å². The molecule has 1 nitrogen and oxygen atoms in total. The fourth-order valence-electron chi connectivity index (χ4n) is 4.48. The molecule has 5 aromatic carbocycles. The van der Waals surface area contributed by atoms with Crippen LogP contribution in [0.1, 0.15) is 0 Å². The molecule has 0 N–H and O–H groups in total. The molecule has 31 heavy (non-hydrogen) atoms. The molecule has 6 rings (SSSR count). The van der Waals surface area contributed by atoms with Crippen molar-refractivity contribution in [2.75, 3.05) is 0 Å².